The number of aryl methyl sites for hydroxylation is 1. The largest absolute Gasteiger partial charge is 0.477 e. The molecule has 0 atom stereocenters. The maximum Gasteiger partial charge on any atom is 0.352 e. The highest BCUT2D eigenvalue weighted by Crippen LogP contribution is 2.22. The van der Waals surface area contributed by atoms with Crippen LogP contribution in [-0.4, -0.2) is 42.0 Å². The highest BCUT2D eigenvalue weighted by atomic mass is 32.2. The van der Waals surface area contributed by atoms with Crippen LogP contribution >= 0.6 is 0 Å². The number of carboxylic acid groups (broad SMARTS) is 1. The Labute approximate surface area is 120 Å². The fourth-order valence-corrected chi connectivity index (χ4v) is 3.44. The number of carbonyl (C=O) groups is 1. The van der Waals surface area contributed by atoms with Gasteiger partial charge in [-0.05, 0) is 18.4 Å². The molecule has 0 aliphatic carbocycles. The first-order valence-electron chi connectivity index (χ1n) is 6.39. The van der Waals surface area contributed by atoms with Crippen LogP contribution in [0.2, 0.25) is 0 Å². The first kappa shape index (κ1) is 16.7. The molecule has 1 N–H and O–H groups in total. The van der Waals surface area contributed by atoms with Gasteiger partial charge in [-0.3, -0.25) is 0 Å². The number of aromatic nitrogens is 1. The van der Waals surface area contributed by atoms with E-state index in [-0.39, 0.29) is 16.0 Å². The number of aromatic carboxylic acids is 1. The summed E-state index contributed by atoms with van der Waals surface area (Å²) in [6.07, 6.45) is 1.37. The van der Waals surface area contributed by atoms with Crippen LogP contribution in [0.4, 0.5) is 0 Å². The van der Waals surface area contributed by atoms with Crippen LogP contribution in [0.1, 0.15) is 38.2 Å². The third kappa shape index (κ3) is 3.61. The van der Waals surface area contributed by atoms with Crippen LogP contribution in [0.3, 0.4) is 0 Å². The second-order valence-electron chi connectivity index (χ2n) is 5.97. The Morgan fingerprint density at radius 1 is 1.40 bits per heavy atom. The number of hydrogen-bond donors (Lipinski definition) is 1. The number of sulfonamides is 1. The molecule has 0 aromatic carbocycles. The molecule has 0 aliphatic rings. The average Bonchev–Trinajstić information content (AvgIpc) is 2.70. The van der Waals surface area contributed by atoms with E-state index in [9.17, 15) is 13.2 Å². The molecule has 1 aromatic rings. The van der Waals surface area contributed by atoms with Crippen molar-refractivity contribution in [2.75, 3.05) is 13.6 Å². The Morgan fingerprint density at radius 3 is 2.30 bits per heavy atom. The van der Waals surface area contributed by atoms with E-state index in [1.54, 1.807) is 6.92 Å². The topological polar surface area (TPSA) is 79.6 Å². The van der Waals surface area contributed by atoms with Gasteiger partial charge >= 0.3 is 5.97 Å². The minimum Gasteiger partial charge on any atom is -0.477 e. The number of hydrogen-bond acceptors (Lipinski definition) is 3. The van der Waals surface area contributed by atoms with Crippen molar-refractivity contribution in [3.8, 4) is 0 Å². The standard InChI is InChI=1S/C13H22N2O4S/c1-6-15-8-10(7-11(15)12(16)17)20(18,19)14(5)9-13(2,3)4/h7-8H,6,9H2,1-5H3,(H,16,17). The van der Waals surface area contributed by atoms with Crippen molar-refractivity contribution in [2.45, 2.75) is 39.1 Å². The highest BCUT2D eigenvalue weighted by Gasteiger charge is 2.27. The van der Waals surface area contributed by atoms with Crippen molar-refractivity contribution in [1.29, 1.82) is 0 Å². The zero-order valence-electron chi connectivity index (χ0n) is 12.5. The predicted octanol–water partition coefficient (Wildman–Crippen LogP) is 1.87. The van der Waals surface area contributed by atoms with Crippen LogP contribution in [0.5, 0.6) is 0 Å². The van der Waals surface area contributed by atoms with E-state index < -0.39 is 16.0 Å². The Morgan fingerprint density at radius 2 is 1.95 bits per heavy atom. The van der Waals surface area contributed by atoms with Gasteiger partial charge in [0.1, 0.15) is 10.6 Å². The molecule has 6 nitrogen and oxygen atoms in total. The van der Waals surface area contributed by atoms with E-state index in [0.717, 1.165) is 0 Å². The van der Waals surface area contributed by atoms with Gasteiger partial charge in [-0.2, -0.15) is 0 Å². The van der Waals surface area contributed by atoms with Crippen LogP contribution in [-0.2, 0) is 16.6 Å². The molecule has 0 unspecified atom stereocenters. The molecule has 0 fully saturated rings. The third-order valence-corrected chi connectivity index (χ3v) is 4.61. The molecule has 0 radical (unpaired) electrons. The van der Waals surface area contributed by atoms with Crippen molar-refractivity contribution < 1.29 is 18.3 Å². The molecule has 0 bridgehead atoms. The fraction of sp³-hybridized carbons (Fsp3) is 0.615. The first-order chi connectivity index (χ1) is 8.99. The van der Waals surface area contributed by atoms with Crippen molar-refractivity contribution in [2.24, 2.45) is 5.41 Å². The molecule has 1 rings (SSSR count). The van der Waals surface area contributed by atoms with Gasteiger partial charge in [0.2, 0.25) is 10.0 Å². The normalized spacial score (nSPS) is 12.9. The second kappa shape index (κ2) is 5.57. The molecule has 0 saturated heterocycles. The molecule has 20 heavy (non-hydrogen) atoms. The summed E-state index contributed by atoms with van der Waals surface area (Å²) >= 11 is 0. The van der Waals surface area contributed by atoms with Gasteiger partial charge in [0, 0.05) is 26.3 Å². The van der Waals surface area contributed by atoms with Crippen LogP contribution < -0.4 is 0 Å². The summed E-state index contributed by atoms with van der Waals surface area (Å²) in [7, 11) is -2.16. The summed E-state index contributed by atoms with van der Waals surface area (Å²) in [5, 5.41) is 9.07. The Hall–Kier alpha value is -1.34. The minimum atomic E-state index is -3.67. The predicted molar refractivity (Wildman–Crippen MR) is 76.3 cm³/mol. The van der Waals surface area contributed by atoms with Crippen molar-refractivity contribution in [3.05, 3.63) is 18.0 Å². The smallest absolute Gasteiger partial charge is 0.352 e. The second-order valence-corrected chi connectivity index (χ2v) is 8.02. The van der Waals surface area contributed by atoms with E-state index in [4.69, 9.17) is 5.11 Å². The number of carboxylic acids is 1. The SMILES string of the molecule is CCn1cc(S(=O)(=O)N(C)CC(C)(C)C)cc1C(=O)O. The molecule has 0 aliphatic heterocycles. The lowest BCUT2D eigenvalue weighted by Gasteiger charge is -2.25. The van der Waals surface area contributed by atoms with Gasteiger partial charge in [0.05, 0.1) is 0 Å². The summed E-state index contributed by atoms with van der Waals surface area (Å²) < 4.78 is 27.5. The number of rotatable bonds is 5. The molecule has 0 spiro atoms. The van der Waals surface area contributed by atoms with E-state index in [2.05, 4.69) is 0 Å². The molecule has 1 aromatic heterocycles. The average molecular weight is 302 g/mol. The maximum absolute atomic E-state index is 12.4. The van der Waals surface area contributed by atoms with E-state index in [0.29, 0.717) is 13.1 Å². The lowest BCUT2D eigenvalue weighted by Crippen LogP contribution is -2.34. The minimum absolute atomic E-state index is 0.0171. The third-order valence-electron chi connectivity index (χ3n) is 2.84. The fourth-order valence-electron chi connectivity index (χ4n) is 2.00. The summed E-state index contributed by atoms with van der Waals surface area (Å²) in [6.45, 7) is 8.35. The van der Waals surface area contributed by atoms with Crippen molar-refractivity contribution in [1.82, 2.24) is 8.87 Å². The lowest BCUT2D eigenvalue weighted by atomic mass is 9.97. The van der Waals surface area contributed by atoms with Gasteiger partial charge in [-0.25, -0.2) is 17.5 Å². The molecular weight excluding hydrogens is 280 g/mol. The van der Waals surface area contributed by atoms with Gasteiger partial charge < -0.3 is 9.67 Å². The van der Waals surface area contributed by atoms with Crippen LogP contribution in [0.15, 0.2) is 17.2 Å². The molecule has 1 heterocycles. The quantitative estimate of drug-likeness (QED) is 0.900. The lowest BCUT2D eigenvalue weighted by molar-refractivity contribution is 0.0685. The van der Waals surface area contributed by atoms with E-state index in [1.807, 2.05) is 20.8 Å². The molecule has 7 heteroatoms. The monoisotopic (exact) mass is 302 g/mol. The van der Waals surface area contributed by atoms with Gasteiger partial charge in [0.25, 0.3) is 0 Å². The van der Waals surface area contributed by atoms with Gasteiger partial charge in [0.15, 0.2) is 0 Å². The molecule has 114 valence electrons. The zero-order valence-corrected chi connectivity index (χ0v) is 13.4. The molecule has 0 saturated carbocycles. The maximum atomic E-state index is 12.4. The molecule has 0 amide bonds. The summed E-state index contributed by atoms with van der Waals surface area (Å²) in [6, 6.07) is 1.21. The zero-order chi connectivity index (χ0) is 15.7. The Kier molecular flexibility index (Phi) is 4.66. The van der Waals surface area contributed by atoms with Crippen LogP contribution in [0.25, 0.3) is 0 Å². The highest BCUT2D eigenvalue weighted by molar-refractivity contribution is 7.89. The Balaban J connectivity index is 3.19. The Bertz CT molecular complexity index is 596. The van der Waals surface area contributed by atoms with Crippen LogP contribution in [0, 0.1) is 5.41 Å². The summed E-state index contributed by atoms with van der Waals surface area (Å²) in [5.41, 5.74) is -0.194. The number of nitrogens with zero attached hydrogens (tertiary/aromatic N) is 2. The van der Waals surface area contributed by atoms with Gasteiger partial charge in [-0.15, -0.1) is 0 Å². The van der Waals surface area contributed by atoms with E-state index >= 15 is 0 Å². The first-order valence-corrected chi connectivity index (χ1v) is 7.83. The van der Waals surface area contributed by atoms with Crippen molar-refractivity contribution >= 4 is 16.0 Å². The van der Waals surface area contributed by atoms with Gasteiger partial charge in [-0.1, -0.05) is 20.8 Å². The summed E-state index contributed by atoms with van der Waals surface area (Å²) in [5.74, 6) is -1.13. The summed E-state index contributed by atoms with van der Waals surface area (Å²) in [4.78, 5) is 11.1. The van der Waals surface area contributed by atoms with Crippen molar-refractivity contribution in [3.63, 3.8) is 0 Å². The molecular formula is C13H22N2O4S. The van der Waals surface area contributed by atoms with E-state index in [1.165, 1.54) is 28.2 Å².